The topological polar surface area (TPSA) is 440 Å². The van der Waals surface area contributed by atoms with Gasteiger partial charge < -0.3 is 84.1 Å². The number of carbonyl (C=O) groups excluding carboxylic acids is 9. The molecular weight excluding hydrogens is 1010 g/mol. The fourth-order valence-electron chi connectivity index (χ4n) is 8.29. The highest BCUT2D eigenvalue weighted by molar-refractivity contribution is 5.98. The van der Waals surface area contributed by atoms with Crippen LogP contribution in [0.3, 0.4) is 0 Å². The zero-order valence-corrected chi connectivity index (χ0v) is 42.8. The number of imidazole rings is 1. The van der Waals surface area contributed by atoms with Gasteiger partial charge in [0, 0.05) is 44.1 Å². The molecule has 0 bridgehead atoms. The summed E-state index contributed by atoms with van der Waals surface area (Å²) in [6.45, 7) is 2.68. The van der Waals surface area contributed by atoms with Crippen molar-refractivity contribution in [3.05, 3.63) is 83.9 Å². The number of aliphatic hydroxyl groups excluding tert-OH is 3. The molecular formula is C50H70N12O15. The van der Waals surface area contributed by atoms with Crippen molar-refractivity contribution in [1.82, 2.24) is 52.1 Å². The number of nitrogens with zero attached hydrogens (tertiary/aromatic N) is 2. The minimum Gasteiger partial charge on any atom is -0.508 e. The highest BCUT2D eigenvalue weighted by Crippen LogP contribution is 2.20. The zero-order chi connectivity index (χ0) is 56.9. The Morgan fingerprint density at radius 3 is 1.75 bits per heavy atom. The van der Waals surface area contributed by atoms with Gasteiger partial charge in [0.15, 0.2) is 6.04 Å². The summed E-state index contributed by atoms with van der Waals surface area (Å²) in [6.07, 6.45) is 0.476. The number of carboxylic acid groups (broad SMARTS) is 1. The van der Waals surface area contributed by atoms with E-state index in [1.807, 2.05) is 13.8 Å². The minimum atomic E-state index is -1.84. The second kappa shape index (κ2) is 29.9. The van der Waals surface area contributed by atoms with E-state index in [9.17, 15) is 73.5 Å². The summed E-state index contributed by atoms with van der Waals surface area (Å²) in [5.74, 6) is -10.0. The summed E-state index contributed by atoms with van der Waals surface area (Å²) in [4.78, 5) is 142. The van der Waals surface area contributed by atoms with E-state index in [2.05, 4.69) is 47.2 Å². The standard InChI is InChI=1S/C50H70N12O15/c1-26(2)18-32(51)42(68)55-33(15-16-40(52)67)43(69)57-36(21-30-22-53-25-54-30)45(71)56-34(20-29-11-13-31(66)14-12-29)44(70)59-37(23-63)47(73)60-38(24-64)49(75)62-17-7-10-39(62)48(74)58-35(19-28-8-5-4-6-9-28)46(72)61-41(27(3)65)50(76)77/h4-6,8-9,11-14,22,25-27,32-39,41,63-66H,7,10,15-21,23-24,51H2,1-3H3,(H2,52,67)(H,53,54)(H,55,68)(H,56,71)(H,57,69)(H,58,74)(H,59,70)(H,60,73)(H,61,72)(H,76,77)/t27-,32+,33+,34+,35+,36+,37+,38+,39+,41+/m1/s1. The van der Waals surface area contributed by atoms with Gasteiger partial charge in [0.2, 0.25) is 53.2 Å². The number of amides is 9. The molecule has 1 saturated heterocycles. The first-order valence-electron chi connectivity index (χ1n) is 24.9. The number of aromatic nitrogens is 2. The van der Waals surface area contributed by atoms with Gasteiger partial charge in [-0.3, -0.25) is 43.2 Å². The lowest BCUT2D eigenvalue weighted by molar-refractivity contribution is -0.146. The van der Waals surface area contributed by atoms with Crippen LogP contribution in [0.5, 0.6) is 5.75 Å². The number of hydrogen-bond donors (Lipinski definition) is 15. The lowest BCUT2D eigenvalue weighted by Gasteiger charge is -2.30. The summed E-state index contributed by atoms with van der Waals surface area (Å²) in [6, 6.07) is 0.405. The average Bonchev–Trinajstić information content (AvgIpc) is 4.11. The Labute approximate surface area is 443 Å². The molecule has 1 aromatic heterocycles. The van der Waals surface area contributed by atoms with Crippen LogP contribution >= 0.6 is 0 Å². The second-order valence-electron chi connectivity index (χ2n) is 19.1. The fraction of sp³-hybridized carbons (Fsp3) is 0.500. The number of carbonyl (C=O) groups is 10. The number of rotatable bonds is 30. The van der Waals surface area contributed by atoms with Gasteiger partial charge in [0.05, 0.1) is 31.7 Å². The van der Waals surface area contributed by atoms with E-state index in [0.29, 0.717) is 16.8 Å². The van der Waals surface area contributed by atoms with Gasteiger partial charge in [-0.1, -0.05) is 56.3 Å². The number of aromatic amines is 1. The van der Waals surface area contributed by atoms with Crippen LogP contribution in [-0.4, -0.2) is 180 Å². The Bertz CT molecular complexity index is 2500. The number of nitrogens with two attached hydrogens (primary N) is 2. The summed E-state index contributed by atoms with van der Waals surface area (Å²) in [5, 5.41) is 67.4. The van der Waals surface area contributed by atoms with Crippen LogP contribution in [0.15, 0.2) is 67.1 Å². The average molecular weight is 1080 g/mol. The van der Waals surface area contributed by atoms with Crippen molar-refractivity contribution in [1.29, 1.82) is 0 Å². The predicted molar refractivity (Wildman–Crippen MR) is 272 cm³/mol. The molecule has 0 saturated carbocycles. The summed E-state index contributed by atoms with van der Waals surface area (Å²) in [5.41, 5.74) is 12.7. The first-order chi connectivity index (χ1) is 36.5. The number of benzene rings is 2. The van der Waals surface area contributed by atoms with Crippen molar-refractivity contribution in [3.8, 4) is 5.75 Å². The Morgan fingerprint density at radius 1 is 0.688 bits per heavy atom. The molecule has 27 nitrogen and oxygen atoms in total. The summed E-state index contributed by atoms with van der Waals surface area (Å²) < 4.78 is 0. The maximum atomic E-state index is 14.3. The quantitative estimate of drug-likeness (QED) is 0.0300. The summed E-state index contributed by atoms with van der Waals surface area (Å²) >= 11 is 0. The van der Waals surface area contributed by atoms with Gasteiger partial charge in [-0.2, -0.15) is 0 Å². The lowest BCUT2D eigenvalue weighted by Crippen LogP contribution is -2.62. The first kappa shape index (κ1) is 61.5. The number of likely N-dealkylation sites (tertiary alicyclic amines) is 1. The van der Waals surface area contributed by atoms with Crippen LogP contribution in [0.25, 0.3) is 0 Å². The number of phenols is 1. The van der Waals surface area contributed by atoms with Crippen LogP contribution in [0, 0.1) is 5.92 Å². The second-order valence-corrected chi connectivity index (χ2v) is 19.1. The van der Waals surface area contributed by atoms with Gasteiger partial charge in [0.25, 0.3) is 0 Å². The molecule has 27 heteroatoms. The minimum absolute atomic E-state index is 0.0134. The van der Waals surface area contributed by atoms with E-state index in [4.69, 9.17) is 11.5 Å². The van der Waals surface area contributed by atoms with Gasteiger partial charge >= 0.3 is 5.97 Å². The third-order valence-electron chi connectivity index (χ3n) is 12.4. The monoisotopic (exact) mass is 1080 g/mol. The van der Waals surface area contributed by atoms with Gasteiger partial charge in [0.1, 0.15) is 48.0 Å². The SMILES string of the molecule is CC(C)C[C@H](N)C(=O)N[C@@H](CCC(N)=O)C(=O)N[C@@H](Cc1cnc[nH]1)C(=O)N[C@@H](Cc1ccc(O)cc1)C(=O)N[C@@H](CO)C(=O)N[C@@H](CO)C(=O)N1CCC[C@H]1C(=O)N[C@@H](Cc1ccccc1)C(=O)N[C@H](C(=O)O)[C@@H](C)O. The largest absolute Gasteiger partial charge is 0.508 e. The number of hydrogen-bond acceptors (Lipinski definition) is 16. The molecule has 420 valence electrons. The number of aliphatic hydroxyl groups is 3. The third-order valence-corrected chi connectivity index (χ3v) is 12.4. The van der Waals surface area contributed by atoms with Gasteiger partial charge in [-0.15, -0.1) is 0 Å². The molecule has 0 spiro atoms. The van der Waals surface area contributed by atoms with Crippen molar-refractivity contribution in [3.63, 3.8) is 0 Å². The number of aromatic hydroxyl groups is 1. The number of H-pyrrole nitrogens is 1. The maximum absolute atomic E-state index is 14.3. The molecule has 1 fully saturated rings. The van der Waals surface area contributed by atoms with Crippen LogP contribution in [0.1, 0.15) is 69.7 Å². The van der Waals surface area contributed by atoms with E-state index >= 15 is 0 Å². The molecule has 2 aromatic carbocycles. The van der Waals surface area contributed by atoms with Crippen molar-refractivity contribution in [2.75, 3.05) is 19.8 Å². The smallest absolute Gasteiger partial charge is 0.328 e. The molecule has 0 radical (unpaired) electrons. The maximum Gasteiger partial charge on any atom is 0.328 e. The molecule has 17 N–H and O–H groups in total. The molecule has 0 aliphatic carbocycles. The molecule has 10 atom stereocenters. The van der Waals surface area contributed by atoms with Crippen molar-refractivity contribution < 1.29 is 73.5 Å². The number of carboxylic acids is 1. The molecule has 1 aliphatic rings. The highest BCUT2D eigenvalue weighted by Gasteiger charge is 2.41. The van der Waals surface area contributed by atoms with Crippen molar-refractivity contribution in [2.45, 2.75) is 133 Å². The van der Waals surface area contributed by atoms with E-state index in [-0.39, 0.29) is 69.6 Å². The molecule has 4 rings (SSSR count). The van der Waals surface area contributed by atoms with E-state index in [1.54, 1.807) is 30.3 Å². The van der Waals surface area contributed by atoms with Gasteiger partial charge in [-0.05, 0) is 61.8 Å². The van der Waals surface area contributed by atoms with Crippen LogP contribution in [-0.2, 0) is 67.2 Å². The fourth-order valence-corrected chi connectivity index (χ4v) is 8.29. The van der Waals surface area contributed by atoms with Crippen molar-refractivity contribution >= 4 is 59.1 Å². The molecule has 9 amide bonds. The van der Waals surface area contributed by atoms with E-state index < -0.39 is 133 Å². The Kier molecular flexibility index (Phi) is 23.9. The Balaban J connectivity index is 1.53. The van der Waals surface area contributed by atoms with E-state index in [0.717, 1.165) is 11.8 Å². The van der Waals surface area contributed by atoms with Crippen LogP contribution in [0.4, 0.5) is 0 Å². The molecule has 0 unspecified atom stereocenters. The zero-order valence-electron chi connectivity index (χ0n) is 42.8. The first-order valence-corrected chi connectivity index (χ1v) is 24.9. The molecule has 77 heavy (non-hydrogen) atoms. The van der Waals surface area contributed by atoms with Gasteiger partial charge in [-0.25, -0.2) is 9.78 Å². The van der Waals surface area contributed by atoms with Crippen molar-refractivity contribution in [2.24, 2.45) is 17.4 Å². The third kappa shape index (κ3) is 19.3. The Hall–Kier alpha value is -8.01. The number of primary amides is 1. The number of phenolic OH excluding ortho intramolecular Hbond substituents is 1. The highest BCUT2D eigenvalue weighted by atomic mass is 16.4. The molecule has 1 aliphatic heterocycles. The predicted octanol–water partition coefficient (Wildman–Crippen LogP) is -4.38. The molecule has 3 aromatic rings. The number of aliphatic carboxylic acids is 1. The molecule has 2 heterocycles. The summed E-state index contributed by atoms with van der Waals surface area (Å²) in [7, 11) is 0. The Morgan fingerprint density at radius 2 is 1.21 bits per heavy atom. The van der Waals surface area contributed by atoms with Crippen LogP contribution in [0.2, 0.25) is 0 Å². The van der Waals surface area contributed by atoms with E-state index in [1.165, 1.54) is 36.8 Å². The normalized spacial score (nSPS) is 16.7. The lowest BCUT2D eigenvalue weighted by atomic mass is 10.0. The van der Waals surface area contributed by atoms with Crippen LogP contribution < -0.4 is 48.7 Å². The number of nitrogens with one attached hydrogen (secondary N) is 8.